The fraction of sp³-hybridized carbons (Fsp3) is 0.364. The molecule has 4 aromatic rings. The summed E-state index contributed by atoms with van der Waals surface area (Å²) in [6.07, 6.45) is 2.87. The average Bonchev–Trinajstić information content (AvgIpc) is 3.32. The maximum atomic E-state index is 14.2. The molecule has 2 saturated heterocycles. The zero-order valence-corrected chi connectivity index (χ0v) is 24.0. The number of imidazole rings is 1. The third kappa shape index (κ3) is 6.48. The fourth-order valence-electron chi connectivity index (χ4n) is 5.66. The van der Waals surface area contributed by atoms with Crippen LogP contribution in [0, 0.1) is 24.1 Å². The van der Waals surface area contributed by atoms with Gasteiger partial charge in [-0.05, 0) is 79.8 Å². The van der Waals surface area contributed by atoms with Gasteiger partial charge in [0.1, 0.15) is 24.3 Å². The van der Waals surface area contributed by atoms with Crippen molar-refractivity contribution >= 4 is 17.0 Å². The van der Waals surface area contributed by atoms with Gasteiger partial charge in [0.05, 0.1) is 47.4 Å². The quantitative estimate of drug-likeness (QED) is 0.262. The Hall–Kier alpha value is -4.46. The molecular weight excluding hydrogens is 551 g/mol. The van der Waals surface area contributed by atoms with Gasteiger partial charge in [-0.2, -0.15) is 5.26 Å². The number of halogens is 1. The van der Waals surface area contributed by atoms with Crippen molar-refractivity contribution in [3.63, 3.8) is 0 Å². The SMILES string of the molecule is Cc1cc(C(=O)O)cc2c1nc(CN1CCC(Oc3cccc(COc4ccc(C#N)cc4F)c3)CC1)n2CC1CCO1. The molecule has 0 spiro atoms. The number of carboxylic acids is 1. The number of hydrogen-bond acceptors (Lipinski definition) is 7. The Kier molecular flexibility index (Phi) is 8.27. The summed E-state index contributed by atoms with van der Waals surface area (Å²) >= 11 is 0. The maximum Gasteiger partial charge on any atom is 0.335 e. The van der Waals surface area contributed by atoms with Crippen LogP contribution in [0.5, 0.6) is 11.5 Å². The second kappa shape index (κ2) is 12.4. The van der Waals surface area contributed by atoms with E-state index in [4.69, 9.17) is 24.5 Å². The van der Waals surface area contributed by atoms with E-state index < -0.39 is 11.8 Å². The normalized spacial score (nSPS) is 17.4. The van der Waals surface area contributed by atoms with Crippen LogP contribution < -0.4 is 9.47 Å². The maximum absolute atomic E-state index is 14.2. The molecule has 2 aliphatic heterocycles. The van der Waals surface area contributed by atoms with E-state index >= 15 is 0 Å². The lowest BCUT2D eigenvalue weighted by Crippen LogP contribution is -2.39. The number of rotatable bonds is 10. The van der Waals surface area contributed by atoms with Gasteiger partial charge in [0.25, 0.3) is 0 Å². The van der Waals surface area contributed by atoms with E-state index in [1.165, 1.54) is 12.1 Å². The first kappa shape index (κ1) is 28.6. The molecule has 2 aliphatic rings. The van der Waals surface area contributed by atoms with Gasteiger partial charge >= 0.3 is 5.97 Å². The predicted octanol–water partition coefficient (Wildman–Crippen LogP) is 5.47. The lowest BCUT2D eigenvalue weighted by Gasteiger charge is -2.32. The molecule has 3 aromatic carbocycles. The Labute approximate surface area is 249 Å². The molecule has 10 heteroatoms. The molecule has 3 heterocycles. The topological polar surface area (TPSA) is 110 Å². The molecule has 0 saturated carbocycles. The Morgan fingerprint density at radius 3 is 2.67 bits per heavy atom. The van der Waals surface area contributed by atoms with Crippen LogP contribution in [0.1, 0.15) is 52.1 Å². The van der Waals surface area contributed by atoms with Crippen LogP contribution in [0.2, 0.25) is 0 Å². The minimum Gasteiger partial charge on any atom is -0.490 e. The molecule has 1 aromatic heterocycles. The van der Waals surface area contributed by atoms with Crippen LogP contribution in [0.15, 0.2) is 54.6 Å². The molecule has 2 fully saturated rings. The molecule has 1 N–H and O–H groups in total. The van der Waals surface area contributed by atoms with Gasteiger partial charge in [0.15, 0.2) is 11.6 Å². The van der Waals surface area contributed by atoms with Gasteiger partial charge in [-0.1, -0.05) is 12.1 Å². The molecule has 0 bridgehead atoms. The zero-order chi connectivity index (χ0) is 29.9. The molecule has 9 nitrogen and oxygen atoms in total. The minimum absolute atomic E-state index is 0.0611. The van der Waals surface area contributed by atoms with Crippen LogP contribution in [-0.2, 0) is 24.4 Å². The van der Waals surface area contributed by atoms with E-state index in [1.54, 1.807) is 12.1 Å². The van der Waals surface area contributed by atoms with Crippen molar-refractivity contribution in [3.8, 4) is 17.6 Å². The highest BCUT2D eigenvalue weighted by Gasteiger charge is 2.26. The summed E-state index contributed by atoms with van der Waals surface area (Å²) in [7, 11) is 0. The number of carbonyl (C=O) groups is 1. The number of fused-ring (bicyclic) bond motifs is 1. The summed E-state index contributed by atoms with van der Waals surface area (Å²) < 4.78 is 34.0. The highest BCUT2D eigenvalue weighted by atomic mass is 19.1. The van der Waals surface area contributed by atoms with Crippen molar-refractivity contribution in [1.82, 2.24) is 14.5 Å². The number of aromatic nitrogens is 2. The van der Waals surface area contributed by atoms with Crippen LogP contribution in [0.25, 0.3) is 11.0 Å². The highest BCUT2D eigenvalue weighted by Crippen LogP contribution is 2.27. The van der Waals surface area contributed by atoms with Gasteiger partial charge in [-0.3, -0.25) is 4.90 Å². The van der Waals surface area contributed by atoms with Gasteiger partial charge in [0.2, 0.25) is 0 Å². The predicted molar refractivity (Wildman–Crippen MR) is 157 cm³/mol. The van der Waals surface area contributed by atoms with E-state index in [2.05, 4.69) is 9.47 Å². The van der Waals surface area contributed by atoms with Crippen molar-refractivity contribution in [3.05, 3.63) is 88.5 Å². The van der Waals surface area contributed by atoms with Crippen molar-refractivity contribution in [1.29, 1.82) is 5.26 Å². The largest absolute Gasteiger partial charge is 0.490 e. The standard InChI is InChI=1S/C33H33FN4O5/c1-21-13-24(33(39)40)16-29-32(21)36-31(38(29)18-27-9-12-41-27)19-37-10-7-25(8-11-37)43-26-4-2-3-23(14-26)20-42-30-6-5-22(17-35)15-28(30)34/h2-6,13-16,25,27H,7-12,18-20H2,1H3,(H,39,40). The Balaban J connectivity index is 1.07. The van der Waals surface area contributed by atoms with E-state index in [-0.39, 0.29) is 35.7 Å². The van der Waals surface area contributed by atoms with E-state index in [0.717, 1.165) is 78.8 Å². The summed E-state index contributed by atoms with van der Waals surface area (Å²) in [6, 6.07) is 17.1. The first-order valence-corrected chi connectivity index (χ1v) is 14.5. The van der Waals surface area contributed by atoms with Crippen LogP contribution >= 0.6 is 0 Å². The van der Waals surface area contributed by atoms with Crippen LogP contribution in [-0.4, -0.2) is 57.4 Å². The van der Waals surface area contributed by atoms with Gasteiger partial charge in [-0.15, -0.1) is 0 Å². The van der Waals surface area contributed by atoms with Crippen molar-refractivity contribution in [2.45, 2.75) is 58.1 Å². The van der Waals surface area contributed by atoms with E-state index in [1.807, 2.05) is 37.3 Å². The summed E-state index contributed by atoms with van der Waals surface area (Å²) in [6.45, 7) is 5.84. The van der Waals surface area contributed by atoms with E-state index in [0.29, 0.717) is 13.1 Å². The lowest BCUT2D eigenvalue weighted by atomic mass is 10.1. The molecule has 0 amide bonds. The number of nitriles is 1. The molecule has 6 rings (SSSR count). The third-order valence-corrected chi connectivity index (χ3v) is 8.11. The monoisotopic (exact) mass is 584 g/mol. The second-order valence-corrected chi connectivity index (χ2v) is 11.2. The van der Waals surface area contributed by atoms with Crippen molar-refractivity contribution < 1.29 is 28.5 Å². The first-order chi connectivity index (χ1) is 20.9. The minimum atomic E-state index is -0.945. The molecule has 43 heavy (non-hydrogen) atoms. The molecule has 1 atom stereocenters. The number of nitrogens with zero attached hydrogens (tertiary/aromatic N) is 4. The van der Waals surface area contributed by atoms with Gasteiger partial charge in [0, 0.05) is 19.7 Å². The number of ether oxygens (including phenoxy) is 3. The number of carboxylic acid groups (broad SMARTS) is 1. The van der Waals surface area contributed by atoms with Gasteiger partial charge < -0.3 is 23.9 Å². The lowest BCUT2D eigenvalue weighted by molar-refractivity contribution is -0.0592. The van der Waals surface area contributed by atoms with Crippen LogP contribution in [0.4, 0.5) is 4.39 Å². The van der Waals surface area contributed by atoms with Crippen molar-refractivity contribution in [2.24, 2.45) is 0 Å². The Morgan fingerprint density at radius 2 is 1.98 bits per heavy atom. The number of aryl methyl sites for hydroxylation is 1. The molecule has 0 radical (unpaired) electrons. The first-order valence-electron chi connectivity index (χ1n) is 14.5. The summed E-state index contributed by atoms with van der Waals surface area (Å²) in [4.78, 5) is 19.0. The third-order valence-electron chi connectivity index (χ3n) is 8.11. The number of hydrogen-bond donors (Lipinski definition) is 1. The molecule has 1 unspecified atom stereocenters. The summed E-state index contributed by atoms with van der Waals surface area (Å²) in [5.74, 6) is 0.252. The zero-order valence-electron chi connectivity index (χ0n) is 24.0. The Morgan fingerprint density at radius 1 is 1.16 bits per heavy atom. The number of benzene rings is 3. The Bertz CT molecular complexity index is 1680. The van der Waals surface area contributed by atoms with Gasteiger partial charge in [-0.25, -0.2) is 14.2 Å². The smallest absolute Gasteiger partial charge is 0.335 e. The summed E-state index contributed by atoms with van der Waals surface area (Å²) in [5, 5.41) is 18.5. The number of piperidine rings is 1. The number of aromatic carboxylic acids is 1. The second-order valence-electron chi connectivity index (χ2n) is 11.2. The van der Waals surface area contributed by atoms with E-state index in [9.17, 15) is 14.3 Å². The summed E-state index contributed by atoms with van der Waals surface area (Å²) in [5.41, 5.74) is 3.90. The molecular formula is C33H33FN4O5. The fourth-order valence-corrected chi connectivity index (χ4v) is 5.66. The molecule has 0 aliphatic carbocycles. The highest BCUT2D eigenvalue weighted by molar-refractivity contribution is 5.94. The van der Waals surface area contributed by atoms with Crippen LogP contribution in [0.3, 0.4) is 0 Å². The van der Waals surface area contributed by atoms with Crippen molar-refractivity contribution in [2.75, 3.05) is 19.7 Å². The average molecular weight is 585 g/mol. The number of likely N-dealkylation sites (tertiary alicyclic amines) is 1. The molecule has 222 valence electrons.